The van der Waals surface area contributed by atoms with E-state index in [0.717, 1.165) is 16.5 Å². The second-order valence-corrected chi connectivity index (χ2v) is 9.18. The minimum absolute atomic E-state index is 0.0320. The Morgan fingerprint density at radius 2 is 1.78 bits per heavy atom. The molecule has 2 rings (SSSR count). The number of nitrogens with two attached hydrogens (primary N) is 2. The standard InChI is InChI=1S/C23H32N6O6S/c1-36-9-8-15(24)21(32)29-17(6-7-19(25)30)22(33)27-12-20(31)28-18(23(34)35)10-13-11-26-16-5-3-2-4-14(13)16/h2-5,11,15,17-18,26H,6-10,12,24H2,1H3,(H2,25,30)(H,27,33)(H,28,31)(H,29,32)(H,34,35). The number of fused-ring (bicyclic) bond motifs is 1. The summed E-state index contributed by atoms with van der Waals surface area (Å²) in [6.07, 6.45) is 3.73. The number of nitrogens with one attached hydrogen (secondary N) is 4. The topological polar surface area (TPSA) is 209 Å². The smallest absolute Gasteiger partial charge is 0.326 e. The highest BCUT2D eigenvalue weighted by Crippen LogP contribution is 2.19. The number of thioether (sulfide) groups is 1. The molecule has 2 aromatic rings. The third kappa shape index (κ3) is 8.89. The second-order valence-electron chi connectivity index (χ2n) is 8.19. The van der Waals surface area contributed by atoms with Gasteiger partial charge in [-0.05, 0) is 36.5 Å². The summed E-state index contributed by atoms with van der Waals surface area (Å²) < 4.78 is 0. The minimum Gasteiger partial charge on any atom is -0.480 e. The van der Waals surface area contributed by atoms with E-state index < -0.39 is 54.3 Å². The number of hydrogen-bond acceptors (Lipinski definition) is 7. The third-order valence-electron chi connectivity index (χ3n) is 5.44. The second kappa shape index (κ2) is 14.1. The minimum atomic E-state index is -1.23. The van der Waals surface area contributed by atoms with Crippen LogP contribution in [0, 0.1) is 0 Å². The molecule has 0 spiro atoms. The van der Waals surface area contributed by atoms with Crippen molar-refractivity contribution in [1.82, 2.24) is 20.9 Å². The summed E-state index contributed by atoms with van der Waals surface area (Å²) in [6, 6.07) is 4.16. The first-order chi connectivity index (χ1) is 17.1. The van der Waals surface area contributed by atoms with Crippen LogP contribution in [0.5, 0.6) is 0 Å². The maximum absolute atomic E-state index is 12.6. The first-order valence-corrected chi connectivity index (χ1v) is 12.7. The van der Waals surface area contributed by atoms with Crippen LogP contribution in [-0.4, -0.2) is 76.4 Å². The molecule has 0 saturated carbocycles. The van der Waals surface area contributed by atoms with E-state index in [1.165, 1.54) is 11.8 Å². The number of hydrogen-bond donors (Lipinski definition) is 7. The number of aromatic nitrogens is 1. The van der Waals surface area contributed by atoms with E-state index in [-0.39, 0.29) is 19.3 Å². The monoisotopic (exact) mass is 520 g/mol. The molecule has 9 N–H and O–H groups in total. The van der Waals surface area contributed by atoms with Crippen LogP contribution in [0.15, 0.2) is 30.5 Å². The highest BCUT2D eigenvalue weighted by molar-refractivity contribution is 7.98. The molecule has 12 nitrogen and oxygen atoms in total. The molecule has 1 aromatic heterocycles. The van der Waals surface area contributed by atoms with Crippen LogP contribution in [-0.2, 0) is 30.4 Å². The molecule has 1 aromatic carbocycles. The number of carboxylic acid groups (broad SMARTS) is 1. The van der Waals surface area contributed by atoms with Crippen LogP contribution >= 0.6 is 11.8 Å². The van der Waals surface area contributed by atoms with Crippen molar-refractivity contribution >= 4 is 52.3 Å². The normalized spacial score (nSPS) is 13.4. The molecule has 0 aliphatic carbocycles. The highest BCUT2D eigenvalue weighted by Gasteiger charge is 2.26. The van der Waals surface area contributed by atoms with Crippen molar-refractivity contribution in [3.8, 4) is 0 Å². The number of amides is 4. The van der Waals surface area contributed by atoms with E-state index in [1.807, 2.05) is 30.5 Å². The summed E-state index contributed by atoms with van der Waals surface area (Å²) in [6.45, 7) is -0.530. The van der Waals surface area contributed by atoms with Gasteiger partial charge in [0.05, 0.1) is 12.6 Å². The molecule has 0 radical (unpaired) electrons. The summed E-state index contributed by atoms with van der Waals surface area (Å²) in [5.74, 6) is -3.26. The first kappa shape index (κ1) is 28.7. The van der Waals surface area contributed by atoms with Gasteiger partial charge in [-0.15, -0.1) is 0 Å². The largest absolute Gasteiger partial charge is 0.480 e. The van der Waals surface area contributed by atoms with Gasteiger partial charge in [0.15, 0.2) is 0 Å². The molecule has 196 valence electrons. The zero-order valence-corrected chi connectivity index (χ0v) is 20.7. The van der Waals surface area contributed by atoms with Gasteiger partial charge in [-0.25, -0.2) is 4.79 Å². The van der Waals surface area contributed by atoms with E-state index in [4.69, 9.17) is 11.5 Å². The third-order valence-corrected chi connectivity index (χ3v) is 6.08. The van der Waals surface area contributed by atoms with Gasteiger partial charge in [-0.1, -0.05) is 18.2 Å². The van der Waals surface area contributed by atoms with Crippen LogP contribution in [0.1, 0.15) is 24.8 Å². The summed E-state index contributed by atoms with van der Waals surface area (Å²) in [5.41, 5.74) is 12.5. The van der Waals surface area contributed by atoms with Gasteiger partial charge in [-0.3, -0.25) is 19.2 Å². The molecule has 0 saturated heterocycles. The fourth-order valence-electron chi connectivity index (χ4n) is 3.47. The van der Waals surface area contributed by atoms with Crippen LogP contribution in [0.2, 0.25) is 0 Å². The van der Waals surface area contributed by atoms with Crippen LogP contribution in [0.25, 0.3) is 10.9 Å². The fourth-order valence-corrected chi connectivity index (χ4v) is 3.96. The van der Waals surface area contributed by atoms with Crippen LogP contribution < -0.4 is 27.4 Å². The lowest BCUT2D eigenvalue weighted by atomic mass is 10.0. The fraction of sp³-hybridized carbons (Fsp3) is 0.435. The van der Waals surface area contributed by atoms with Crippen molar-refractivity contribution in [1.29, 1.82) is 0 Å². The van der Waals surface area contributed by atoms with E-state index in [2.05, 4.69) is 20.9 Å². The number of carbonyl (C=O) groups is 5. The number of carboxylic acids is 1. The van der Waals surface area contributed by atoms with E-state index in [0.29, 0.717) is 12.2 Å². The Labute approximate surface area is 212 Å². The van der Waals surface area contributed by atoms with Crippen molar-refractivity contribution in [2.75, 3.05) is 18.6 Å². The predicted octanol–water partition coefficient (Wildman–Crippen LogP) is -0.773. The summed E-state index contributed by atoms with van der Waals surface area (Å²) in [5, 5.41) is 17.7. The molecule has 0 bridgehead atoms. The van der Waals surface area contributed by atoms with Crippen molar-refractivity contribution in [2.24, 2.45) is 11.5 Å². The SMILES string of the molecule is CSCCC(N)C(=O)NC(CCC(N)=O)C(=O)NCC(=O)NC(Cc1c[nH]c2ccccc12)C(=O)O. The van der Waals surface area contributed by atoms with Crippen molar-refractivity contribution in [3.05, 3.63) is 36.0 Å². The maximum atomic E-state index is 12.6. The summed E-state index contributed by atoms with van der Waals surface area (Å²) >= 11 is 1.52. The molecule has 3 atom stereocenters. The van der Waals surface area contributed by atoms with Crippen molar-refractivity contribution < 1.29 is 29.1 Å². The Kier molecular flexibility index (Phi) is 11.2. The Hall–Kier alpha value is -3.58. The number of para-hydroxylation sites is 1. The molecule has 4 amide bonds. The van der Waals surface area contributed by atoms with Crippen molar-refractivity contribution in [3.63, 3.8) is 0 Å². The van der Waals surface area contributed by atoms with Crippen LogP contribution in [0.3, 0.4) is 0 Å². The molecule has 0 fully saturated rings. The molecular weight excluding hydrogens is 488 g/mol. The van der Waals surface area contributed by atoms with E-state index in [1.54, 1.807) is 6.20 Å². The Bertz CT molecular complexity index is 1090. The van der Waals surface area contributed by atoms with Gasteiger partial charge in [0.2, 0.25) is 23.6 Å². The average molecular weight is 521 g/mol. The number of primary amides is 1. The summed E-state index contributed by atoms with van der Waals surface area (Å²) in [7, 11) is 0. The molecule has 0 aliphatic heterocycles. The number of benzene rings is 1. The number of H-pyrrole nitrogens is 1. The first-order valence-electron chi connectivity index (χ1n) is 11.3. The lowest BCUT2D eigenvalue weighted by Crippen LogP contribution is -2.53. The van der Waals surface area contributed by atoms with Crippen LogP contribution in [0.4, 0.5) is 0 Å². The molecule has 13 heteroatoms. The molecule has 36 heavy (non-hydrogen) atoms. The van der Waals surface area contributed by atoms with Gasteiger partial charge in [0, 0.05) is 29.9 Å². The van der Waals surface area contributed by atoms with Crippen molar-refractivity contribution in [2.45, 2.75) is 43.8 Å². The number of aromatic amines is 1. The Balaban J connectivity index is 1.96. The number of carbonyl (C=O) groups excluding carboxylic acids is 4. The van der Waals surface area contributed by atoms with Gasteiger partial charge in [0.1, 0.15) is 12.1 Å². The highest BCUT2D eigenvalue weighted by atomic mass is 32.2. The lowest BCUT2D eigenvalue weighted by molar-refractivity contribution is -0.141. The predicted molar refractivity (Wildman–Crippen MR) is 136 cm³/mol. The van der Waals surface area contributed by atoms with Gasteiger partial charge in [-0.2, -0.15) is 11.8 Å². The van der Waals surface area contributed by atoms with E-state index >= 15 is 0 Å². The summed E-state index contributed by atoms with van der Waals surface area (Å²) in [4.78, 5) is 63.3. The molecule has 3 unspecified atom stereocenters. The van der Waals surface area contributed by atoms with Gasteiger partial charge < -0.3 is 37.5 Å². The molecule has 1 heterocycles. The quantitative estimate of drug-likeness (QED) is 0.158. The zero-order chi connectivity index (χ0) is 26.7. The molecular formula is C23H32N6O6S. The average Bonchev–Trinajstić information content (AvgIpc) is 3.25. The number of aliphatic carboxylic acids is 1. The molecule has 0 aliphatic rings. The van der Waals surface area contributed by atoms with E-state index in [9.17, 15) is 29.1 Å². The van der Waals surface area contributed by atoms with Gasteiger partial charge >= 0.3 is 5.97 Å². The Morgan fingerprint density at radius 3 is 2.44 bits per heavy atom. The Morgan fingerprint density at radius 1 is 1.06 bits per heavy atom. The zero-order valence-electron chi connectivity index (χ0n) is 19.9. The number of rotatable bonds is 15. The van der Waals surface area contributed by atoms with Gasteiger partial charge in [0.25, 0.3) is 0 Å². The maximum Gasteiger partial charge on any atom is 0.326 e. The lowest BCUT2D eigenvalue weighted by Gasteiger charge is -2.20.